The fourth-order valence-corrected chi connectivity index (χ4v) is 1.92. The van der Waals surface area contributed by atoms with Crippen LogP contribution in [-0.2, 0) is 9.59 Å². The third-order valence-electron chi connectivity index (χ3n) is 2.89. The predicted octanol–water partition coefficient (Wildman–Crippen LogP) is 2.58. The first-order valence-electron chi connectivity index (χ1n) is 6.73. The van der Waals surface area contributed by atoms with E-state index in [2.05, 4.69) is 10.4 Å². The molecule has 0 unspecified atom stereocenters. The number of rotatable bonds is 4. The number of methoxy groups -OCH3 is 1. The van der Waals surface area contributed by atoms with Crippen molar-refractivity contribution in [1.29, 1.82) is 0 Å². The molecule has 2 aromatic rings. The molecule has 124 valence electrons. The summed E-state index contributed by atoms with van der Waals surface area (Å²) >= 11 is 5.84. The van der Waals surface area contributed by atoms with Gasteiger partial charge in [0, 0.05) is 10.6 Å². The number of benzene rings is 2. The fraction of sp³-hybridized carbons (Fsp3) is 0.0625. The van der Waals surface area contributed by atoms with Crippen LogP contribution in [0.15, 0.2) is 47.6 Å². The lowest BCUT2D eigenvalue weighted by molar-refractivity contribution is -0.136. The van der Waals surface area contributed by atoms with Crippen LogP contribution in [0.3, 0.4) is 0 Å². The molecule has 24 heavy (non-hydrogen) atoms. The summed E-state index contributed by atoms with van der Waals surface area (Å²) in [6.07, 6.45) is 1.10. The van der Waals surface area contributed by atoms with Gasteiger partial charge in [0.05, 0.1) is 19.0 Å². The van der Waals surface area contributed by atoms with E-state index in [1.807, 2.05) is 5.43 Å². The molecule has 0 spiro atoms. The minimum Gasteiger partial charge on any atom is -0.495 e. The van der Waals surface area contributed by atoms with E-state index >= 15 is 0 Å². The van der Waals surface area contributed by atoms with Crippen LogP contribution < -0.4 is 15.5 Å². The van der Waals surface area contributed by atoms with Crippen LogP contribution in [-0.4, -0.2) is 25.1 Å². The number of ether oxygens (including phenoxy) is 1. The second kappa shape index (κ2) is 8.07. The lowest BCUT2D eigenvalue weighted by Gasteiger charge is -2.09. The smallest absolute Gasteiger partial charge is 0.329 e. The molecule has 0 aromatic heterocycles. The van der Waals surface area contributed by atoms with E-state index in [9.17, 15) is 14.0 Å². The Hall–Kier alpha value is -2.93. The zero-order chi connectivity index (χ0) is 17.5. The molecule has 0 aliphatic heterocycles. The third-order valence-corrected chi connectivity index (χ3v) is 3.13. The van der Waals surface area contributed by atoms with E-state index < -0.39 is 17.6 Å². The molecule has 0 saturated carbocycles. The SMILES string of the molecule is COc1ccc(Cl)cc1NC(=O)C(=O)N/N=C\c1ccccc1F. The molecule has 0 heterocycles. The Bertz CT molecular complexity index is 796. The molecule has 0 bridgehead atoms. The van der Waals surface area contributed by atoms with Crippen LogP contribution in [0.4, 0.5) is 10.1 Å². The number of amides is 2. The molecule has 0 fully saturated rings. The van der Waals surface area contributed by atoms with Crippen molar-refractivity contribution in [1.82, 2.24) is 5.43 Å². The van der Waals surface area contributed by atoms with Gasteiger partial charge in [-0.3, -0.25) is 9.59 Å². The summed E-state index contributed by atoms with van der Waals surface area (Å²) in [6, 6.07) is 10.4. The van der Waals surface area contributed by atoms with Crippen molar-refractivity contribution in [3.05, 3.63) is 58.9 Å². The lowest BCUT2D eigenvalue weighted by atomic mass is 10.2. The van der Waals surface area contributed by atoms with Crippen LogP contribution in [0.1, 0.15) is 5.56 Å². The van der Waals surface area contributed by atoms with Gasteiger partial charge in [-0.2, -0.15) is 5.10 Å². The average Bonchev–Trinajstić information content (AvgIpc) is 2.56. The van der Waals surface area contributed by atoms with Gasteiger partial charge < -0.3 is 10.1 Å². The number of nitrogens with zero attached hydrogens (tertiary/aromatic N) is 1. The van der Waals surface area contributed by atoms with Gasteiger partial charge in [-0.15, -0.1) is 0 Å². The Labute approximate surface area is 142 Å². The molecule has 2 rings (SSSR count). The minimum atomic E-state index is -1.02. The highest BCUT2D eigenvalue weighted by Crippen LogP contribution is 2.27. The summed E-state index contributed by atoms with van der Waals surface area (Å²) in [5.74, 6) is -2.15. The molecule has 0 radical (unpaired) electrons. The van der Waals surface area contributed by atoms with Crippen LogP contribution in [0.2, 0.25) is 5.02 Å². The average molecular weight is 350 g/mol. The standard InChI is InChI=1S/C16H13ClFN3O3/c1-24-14-7-6-11(17)8-13(14)20-15(22)16(23)21-19-9-10-4-2-3-5-12(10)18/h2-9H,1H3,(H,20,22)(H,21,23)/b19-9-. The van der Waals surface area contributed by atoms with Crippen molar-refractivity contribution in [2.75, 3.05) is 12.4 Å². The maximum atomic E-state index is 13.4. The maximum absolute atomic E-state index is 13.4. The highest BCUT2D eigenvalue weighted by Gasteiger charge is 2.15. The molecule has 0 aliphatic carbocycles. The summed E-state index contributed by atoms with van der Waals surface area (Å²) in [6.45, 7) is 0. The number of hydrogen-bond acceptors (Lipinski definition) is 4. The Morgan fingerprint density at radius 3 is 2.67 bits per heavy atom. The topological polar surface area (TPSA) is 79.8 Å². The molecule has 2 amide bonds. The van der Waals surface area contributed by atoms with Gasteiger partial charge in [0.2, 0.25) is 0 Å². The van der Waals surface area contributed by atoms with E-state index in [1.165, 1.54) is 31.4 Å². The zero-order valence-corrected chi connectivity index (χ0v) is 13.3. The van der Waals surface area contributed by atoms with E-state index in [1.54, 1.807) is 18.2 Å². The first-order chi connectivity index (χ1) is 11.5. The summed E-state index contributed by atoms with van der Waals surface area (Å²) < 4.78 is 18.4. The second-order valence-electron chi connectivity index (χ2n) is 4.52. The van der Waals surface area contributed by atoms with Gasteiger partial charge in [-0.1, -0.05) is 29.8 Å². The van der Waals surface area contributed by atoms with Gasteiger partial charge in [-0.25, -0.2) is 9.82 Å². The maximum Gasteiger partial charge on any atom is 0.329 e. The molecule has 6 nitrogen and oxygen atoms in total. The number of anilines is 1. The molecule has 0 atom stereocenters. The van der Waals surface area contributed by atoms with Gasteiger partial charge in [0.1, 0.15) is 11.6 Å². The number of hydrogen-bond donors (Lipinski definition) is 2. The summed E-state index contributed by atoms with van der Waals surface area (Å²) in [7, 11) is 1.41. The number of carbonyl (C=O) groups is 2. The van der Waals surface area contributed by atoms with Crippen molar-refractivity contribution < 1.29 is 18.7 Å². The molecule has 2 N–H and O–H groups in total. The van der Waals surface area contributed by atoms with Crippen LogP contribution in [0.25, 0.3) is 0 Å². The van der Waals surface area contributed by atoms with Crippen molar-refractivity contribution in [3.63, 3.8) is 0 Å². The minimum absolute atomic E-state index is 0.176. The summed E-state index contributed by atoms with van der Waals surface area (Å²) in [5, 5.41) is 6.26. The number of halogens is 2. The van der Waals surface area contributed by atoms with E-state index in [-0.39, 0.29) is 11.3 Å². The first-order valence-corrected chi connectivity index (χ1v) is 7.11. The van der Waals surface area contributed by atoms with Crippen molar-refractivity contribution in [3.8, 4) is 5.75 Å². The number of hydrazone groups is 1. The summed E-state index contributed by atoms with van der Waals surface area (Å²) in [4.78, 5) is 23.5. The van der Waals surface area contributed by atoms with E-state index in [0.29, 0.717) is 10.8 Å². The third kappa shape index (κ3) is 4.53. The van der Waals surface area contributed by atoms with E-state index in [4.69, 9.17) is 16.3 Å². The van der Waals surface area contributed by atoms with Crippen LogP contribution in [0, 0.1) is 5.82 Å². The summed E-state index contributed by atoms with van der Waals surface area (Å²) in [5.41, 5.74) is 2.42. The largest absolute Gasteiger partial charge is 0.495 e. The highest BCUT2D eigenvalue weighted by molar-refractivity contribution is 6.40. The molecule has 0 aliphatic rings. The normalized spacial score (nSPS) is 10.5. The van der Waals surface area contributed by atoms with Gasteiger partial charge in [0.25, 0.3) is 0 Å². The second-order valence-corrected chi connectivity index (χ2v) is 4.96. The zero-order valence-electron chi connectivity index (χ0n) is 12.5. The molecule has 8 heteroatoms. The van der Waals surface area contributed by atoms with Gasteiger partial charge in [-0.05, 0) is 24.3 Å². The Morgan fingerprint density at radius 1 is 1.21 bits per heavy atom. The predicted molar refractivity (Wildman–Crippen MR) is 88.8 cm³/mol. The number of nitrogens with one attached hydrogen (secondary N) is 2. The molecule has 0 saturated heterocycles. The van der Waals surface area contributed by atoms with Gasteiger partial charge in [0.15, 0.2) is 0 Å². The molecule has 2 aromatic carbocycles. The Kier molecular flexibility index (Phi) is 5.86. The number of carbonyl (C=O) groups excluding carboxylic acids is 2. The van der Waals surface area contributed by atoms with Crippen LogP contribution >= 0.6 is 11.6 Å². The molecular formula is C16H13ClFN3O3. The monoisotopic (exact) mass is 349 g/mol. The van der Waals surface area contributed by atoms with Crippen LogP contribution in [0.5, 0.6) is 5.75 Å². The Morgan fingerprint density at radius 2 is 1.96 bits per heavy atom. The molecular weight excluding hydrogens is 337 g/mol. The first kappa shape index (κ1) is 17.4. The quantitative estimate of drug-likeness (QED) is 0.506. The lowest BCUT2D eigenvalue weighted by Crippen LogP contribution is -2.32. The Balaban J connectivity index is 1.99. The van der Waals surface area contributed by atoms with Crippen molar-refractivity contribution in [2.45, 2.75) is 0 Å². The van der Waals surface area contributed by atoms with Crippen molar-refractivity contribution in [2.24, 2.45) is 5.10 Å². The highest BCUT2D eigenvalue weighted by atomic mass is 35.5. The van der Waals surface area contributed by atoms with Crippen molar-refractivity contribution >= 4 is 35.3 Å². The fourth-order valence-electron chi connectivity index (χ4n) is 1.75. The van der Waals surface area contributed by atoms with Gasteiger partial charge >= 0.3 is 11.8 Å². The van der Waals surface area contributed by atoms with E-state index in [0.717, 1.165) is 6.21 Å².